The molecule has 61 heavy (non-hydrogen) atoms. The van der Waals surface area contributed by atoms with E-state index in [-0.39, 0.29) is 22.6 Å². The molecule has 10 heteroatoms. The molecule has 6 rings (SSSR count). The zero-order chi connectivity index (χ0) is 43.0. The van der Waals surface area contributed by atoms with E-state index in [9.17, 15) is 19.2 Å². The molecule has 0 aliphatic rings. The van der Waals surface area contributed by atoms with E-state index in [1.165, 1.54) is 48.5 Å². The van der Waals surface area contributed by atoms with E-state index in [2.05, 4.69) is 20.4 Å². The molecule has 0 amide bonds. The largest absolute Gasteiger partial charge is 0.494 e. The first-order chi connectivity index (χ1) is 29.7. The summed E-state index contributed by atoms with van der Waals surface area (Å²) in [6.07, 6.45) is 5.77. The molecule has 0 radical (unpaired) electrons. The molecule has 0 fully saturated rings. The van der Waals surface area contributed by atoms with Crippen LogP contribution in [0.15, 0.2) is 158 Å². The lowest BCUT2D eigenvalue weighted by Crippen LogP contribution is -2.10. The number of carbonyl (C=O) groups is 4. The van der Waals surface area contributed by atoms with Crippen molar-refractivity contribution in [3.8, 4) is 45.6 Å². The minimum atomic E-state index is -0.585. The summed E-state index contributed by atoms with van der Waals surface area (Å²) in [7, 11) is 0. The molecule has 0 spiro atoms. The van der Waals surface area contributed by atoms with Crippen LogP contribution in [0.1, 0.15) is 81.0 Å². The van der Waals surface area contributed by atoms with Crippen molar-refractivity contribution in [3.05, 3.63) is 181 Å². The Balaban J connectivity index is 0.962. The van der Waals surface area contributed by atoms with Crippen LogP contribution in [-0.4, -0.2) is 37.1 Å². The zero-order valence-corrected chi connectivity index (χ0v) is 34.0. The number of unbranched alkanes of at least 4 members (excludes halogenated alkanes) is 2. The van der Waals surface area contributed by atoms with E-state index < -0.39 is 23.9 Å². The van der Waals surface area contributed by atoms with Crippen LogP contribution in [0.25, 0.3) is 11.1 Å². The maximum Gasteiger partial charge on any atom is 0.343 e. The molecule has 0 aliphatic carbocycles. The first-order valence-electron chi connectivity index (χ1n) is 20.0. The summed E-state index contributed by atoms with van der Waals surface area (Å²) in [5, 5.41) is 0. The molecule has 0 saturated heterocycles. The lowest BCUT2D eigenvalue weighted by atomic mass is 10.1. The number of esters is 4. The van der Waals surface area contributed by atoms with Gasteiger partial charge in [-0.2, -0.15) is 0 Å². The van der Waals surface area contributed by atoms with Crippen LogP contribution in [-0.2, 0) is 0 Å². The Bertz CT molecular complexity index is 2400. The smallest absolute Gasteiger partial charge is 0.343 e. The number of hydrogen-bond donors (Lipinski definition) is 0. The summed E-state index contributed by atoms with van der Waals surface area (Å²) in [6, 6.07) is 39.6. The number of benzene rings is 6. The Labute approximate surface area is 355 Å². The first-order valence-corrected chi connectivity index (χ1v) is 20.0. The van der Waals surface area contributed by atoms with Crippen LogP contribution in [0.2, 0.25) is 0 Å². The molecule has 0 saturated carbocycles. The van der Waals surface area contributed by atoms with Gasteiger partial charge in [-0.1, -0.05) is 50.6 Å². The summed E-state index contributed by atoms with van der Waals surface area (Å²) in [4.78, 5) is 51.3. The number of ether oxygens (including phenoxy) is 6. The highest BCUT2D eigenvalue weighted by molar-refractivity contribution is 5.94. The second-order valence-electron chi connectivity index (χ2n) is 14.2. The lowest BCUT2D eigenvalue weighted by Gasteiger charge is -2.11. The van der Waals surface area contributed by atoms with Gasteiger partial charge in [0.25, 0.3) is 0 Å². The molecule has 0 aliphatic heterocycles. The van der Waals surface area contributed by atoms with Crippen molar-refractivity contribution in [2.75, 3.05) is 13.2 Å². The van der Waals surface area contributed by atoms with Gasteiger partial charge in [0.05, 0.1) is 35.5 Å². The number of rotatable bonds is 19. The van der Waals surface area contributed by atoms with Gasteiger partial charge in [-0.3, -0.25) is 0 Å². The SMILES string of the molecule is C=CCCCCOc1ccc(C(=O)Oc2ccc(C(=O)Oc3ccc(-c4cccc(OC(=O)c5ccc(OC(=O)c6ccc(OC[C@@H](C)CC)cc6)cc5)c4)cc3)cc2)cc1. The fourth-order valence-corrected chi connectivity index (χ4v) is 5.75. The second kappa shape index (κ2) is 21.5. The Morgan fingerprint density at radius 1 is 0.492 bits per heavy atom. The molecular formula is C51H46O10. The maximum absolute atomic E-state index is 13.0. The van der Waals surface area contributed by atoms with Crippen LogP contribution in [0.3, 0.4) is 0 Å². The van der Waals surface area contributed by atoms with Crippen molar-refractivity contribution in [2.24, 2.45) is 5.92 Å². The van der Waals surface area contributed by atoms with Gasteiger partial charge in [0, 0.05) is 0 Å². The normalized spacial score (nSPS) is 11.1. The molecule has 0 N–H and O–H groups in total. The van der Waals surface area contributed by atoms with Gasteiger partial charge in [0.1, 0.15) is 34.5 Å². The average Bonchev–Trinajstić information content (AvgIpc) is 3.29. The number of hydrogen-bond acceptors (Lipinski definition) is 10. The number of allylic oxidation sites excluding steroid dienone is 1. The van der Waals surface area contributed by atoms with Gasteiger partial charge in [-0.15, -0.1) is 6.58 Å². The number of carbonyl (C=O) groups excluding carboxylic acids is 4. The summed E-state index contributed by atoms with van der Waals surface area (Å²) < 4.78 is 33.7. The van der Waals surface area contributed by atoms with Gasteiger partial charge < -0.3 is 28.4 Å². The fraction of sp³-hybridized carbons (Fsp3) is 0.176. The van der Waals surface area contributed by atoms with Crippen molar-refractivity contribution in [1.29, 1.82) is 0 Å². The molecule has 0 aromatic heterocycles. The molecule has 1 atom stereocenters. The van der Waals surface area contributed by atoms with E-state index >= 15 is 0 Å². The molecule has 0 unspecified atom stereocenters. The van der Waals surface area contributed by atoms with Gasteiger partial charge in [-0.05, 0) is 158 Å². The minimum Gasteiger partial charge on any atom is -0.494 e. The predicted octanol–water partition coefficient (Wildman–Crippen LogP) is 11.4. The zero-order valence-electron chi connectivity index (χ0n) is 34.0. The third-order valence-electron chi connectivity index (χ3n) is 9.53. The first kappa shape index (κ1) is 43.1. The van der Waals surface area contributed by atoms with E-state index in [4.69, 9.17) is 28.4 Å². The van der Waals surface area contributed by atoms with Crippen LogP contribution in [0.4, 0.5) is 0 Å². The van der Waals surface area contributed by atoms with Crippen molar-refractivity contribution in [2.45, 2.75) is 39.5 Å². The van der Waals surface area contributed by atoms with E-state index in [0.717, 1.165) is 36.8 Å². The van der Waals surface area contributed by atoms with Crippen molar-refractivity contribution in [1.82, 2.24) is 0 Å². The van der Waals surface area contributed by atoms with Crippen molar-refractivity contribution >= 4 is 23.9 Å². The molecule has 310 valence electrons. The highest BCUT2D eigenvalue weighted by Crippen LogP contribution is 2.28. The summed E-state index contributed by atoms with van der Waals surface area (Å²) >= 11 is 0. The summed E-state index contributed by atoms with van der Waals surface area (Å²) in [5.74, 6) is 0.754. The Hall–Kier alpha value is -7.46. The maximum atomic E-state index is 13.0. The highest BCUT2D eigenvalue weighted by Gasteiger charge is 2.15. The molecule has 6 aromatic carbocycles. The Morgan fingerprint density at radius 2 is 0.902 bits per heavy atom. The van der Waals surface area contributed by atoms with E-state index in [1.54, 1.807) is 91.0 Å². The Morgan fingerprint density at radius 3 is 1.34 bits per heavy atom. The van der Waals surface area contributed by atoms with Gasteiger partial charge in [0.15, 0.2) is 0 Å². The molecule has 6 aromatic rings. The van der Waals surface area contributed by atoms with Crippen LogP contribution in [0.5, 0.6) is 34.5 Å². The van der Waals surface area contributed by atoms with Gasteiger partial charge in [0.2, 0.25) is 0 Å². The third kappa shape index (κ3) is 12.8. The summed E-state index contributed by atoms with van der Waals surface area (Å²) in [5.41, 5.74) is 2.84. The molecule has 10 nitrogen and oxygen atoms in total. The van der Waals surface area contributed by atoms with Crippen molar-refractivity contribution < 1.29 is 47.6 Å². The predicted molar refractivity (Wildman–Crippen MR) is 232 cm³/mol. The fourth-order valence-electron chi connectivity index (χ4n) is 5.75. The Kier molecular flexibility index (Phi) is 15.2. The molecule has 0 heterocycles. The van der Waals surface area contributed by atoms with Crippen LogP contribution >= 0.6 is 0 Å². The standard InChI is InChI=1S/C51H46O10/c1-4-6-7-8-32-56-42-22-14-37(15-23-42)48(52)59-45-28-18-39(19-29-45)50(54)58-44-26-12-36(13-27-44)41-10-9-11-47(33-41)61-51(55)40-20-30-46(31-21-40)60-49(53)38-16-24-43(25-17-38)57-34-35(3)5-2/h4,9-31,33,35H,1,5-8,32,34H2,2-3H3/t35-/m0/s1. The second-order valence-corrected chi connectivity index (χ2v) is 14.2. The third-order valence-corrected chi connectivity index (χ3v) is 9.53. The quantitative estimate of drug-likeness (QED) is 0.0338. The topological polar surface area (TPSA) is 124 Å². The monoisotopic (exact) mass is 818 g/mol. The van der Waals surface area contributed by atoms with Crippen LogP contribution in [0, 0.1) is 5.92 Å². The van der Waals surface area contributed by atoms with Gasteiger partial charge in [-0.25, -0.2) is 19.2 Å². The summed E-state index contributed by atoms with van der Waals surface area (Å²) in [6.45, 7) is 9.12. The van der Waals surface area contributed by atoms with Gasteiger partial charge >= 0.3 is 23.9 Å². The lowest BCUT2D eigenvalue weighted by molar-refractivity contribution is 0.0720. The van der Waals surface area contributed by atoms with E-state index in [1.807, 2.05) is 12.1 Å². The minimum absolute atomic E-state index is 0.271. The average molecular weight is 819 g/mol. The van der Waals surface area contributed by atoms with E-state index in [0.29, 0.717) is 53.3 Å². The van der Waals surface area contributed by atoms with Crippen LogP contribution < -0.4 is 28.4 Å². The highest BCUT2D eigenvalue weighted by atomic mass is 16.5. The molecular weight excluding hydrogens is 773 g/mol. The van der Waals surface area contributed by atoms with Crippen molar-refractivity contribution in [3.63, 3.8) is 0 Å². The molecule has 0 bridgehead atoms.